The van der Waals surface area contributed by atoms with Crippen LogP contribution in [0.2, 0.25) is 0 Å². The summed E-state index contributed by atoms with van der Waals surface area (Å²) < 4.78 is 44.5. The van der Waals surface area contributed by atoms with E-state index >= 15 is 0 Å². The van der Waals surface area contributed by atoms with Gasteiger partial charge in [-0.15, -0.1) is 0 Å². The number of hydrogen-bond acceptors (Lipinski definition) is 10. The maximum atomic E-state index is 13.2. The molecule has 4 heterocycles. The quantitative estimate of drug-likeness (QED) is 0.118. The number of amidine groups is 1. The van der Waals surface area contributed by atoms with Crippen LogP contribution in [0.5, 0.6) is 23.0 Å². The Balaban J connectivity index is 1.40. The molecule has 5 aromatic rings. The number of halogens is 1. The van der Waals surface area contributed by atoms with E-state index in [-0.39, 0.29) is 25.3 Å². The van der Waals surface area contributed by atoms with Crippen molar-refractivity contribution in [3.63, 3.8) is 0 Å². The van der Waals surface area contributed by atoms with Crippen molar-refractivity contribution in [3.05, 3.63) is 121 Å². The van der Waals surface area contributed by atoms with Crippen LogP contribution in [-0.4, -0.2) is 47.8 Å². The molecule has 0 radical (unpaired) electrons. The van der Waals surface area contributed by atoms with Gasteiger partial charge in [-0.1, -0.05) is 49.4 Å². The van der Waals surface area contributed by atoms with Crippen LogP contribution in [0.15, 0.2) is 121 Å². The zero-order valence-electron chi connectivity index (χ0n) is 26.8. The maximum Gasteiger partial charge on any atom is 0.304 e. The van der Waals surface area contributed by atoms with Crippen LogP contribution in [0.3, 0.4) is 0 Å². The van der Waals surface area contributed by atoms with Crippen LogP contribution in [0, 0.1) is 0 Å². The fraction of sp³-hybridized carbons (Fsp3) is 0.162. The van der Waals surface area contributed by atoms with Crippen LogP contribution in [0.1, 0.15) is 18.9 Å². The molecule has 0 aliphatic carbocycles. The number of fused-ring (bicyclic) bond motifs is 4. The number of ether oxygens (including phenoxy) is 2. The second kappa shape index (κ2) is 13.2. The monoisotopic (exact) mass is 706 g/mol. The second-order valence-electron chi connectivity index (χ2n) is 11.7. The summed E-state index contributed by atoms with van der Waals surface area (Å²) in [6, 6.07) is 28.6. The number of hydrogen-bond donors (Lipinski definition) is 1. The molecule has 0 fully saturated rings. The lowest BCUT2D eigenvalue weighted by Gasteiger charge is -2.49. The van der Waals surface area contributed by atoms with Gasteiger partial charge in [-0.3, -0.25) is 13.9 Å². The summed E-state index contributed by atoms with van der Waals surface area (Å²) in [5.41, 5.74) is 2.59. The van der Waals surface area contributed by atoms with Gasteiger partial charge in [0.1, 0.15) is 0 Å². The summed E-state index contributed by atoms with van der Waals surface area (Å²) >= 11 is 4.19. The fourth-order valence-electron chi connectivity index (χ4n) is 6.78. The molecular weight excluding hydrogens is 676 g/mol. The van der Waals surface area contributed by atoms with E-state index < -0.39 is 17.1 Å². The largest absolute Gasteiger partial charge is 0.453 e. The van der Waals surface area contributed by atoms with Crippen molar-refractivity contribution in [1.82, 2.24) is 14.4 Å². The van der Waals surface area contributed by atoms with Gasteiger partial charge in [-0.2, -0.15) is 4.21 Å². The molecule has 3 aliphatic heterocycles. The minimum atomic E-state index is -2.81. The maximum absolute atomic E-state index is 13.2. The zero-order chi connectivity index (χ0) is 34.2. The van der Waals surface area contributed by atoms with Gasteiger partial charge >= 0.3 is 11.4 Å². The van der Waals surface area contributed by atoms with Crippen LogP contribution < -0.4 is 19.3 Å². The average molecular weight is 707 g/mol. The molecule has 0 saturated heterocycles. The predicted molar refractivity (Wildman–Crippen MR) is 194 cm³/mol. The molecule has 11 nitrogen and oxygen atoms in total. The highest BCUT2D eigenvalue weighted by atomic mass is 35.5. The fourth-order valence-corrected chi connectivity index (χ4v) is 7.50. The topological polar surface area (TPSA) is 113 Å². The Labute approximate surface area is 296 Å². The Kier molecular flexibility index (Phi) is 8.45. The lowest BCUT2D eigenvalue weighted by atomic mass is 9.94. The third kappa shape index (κ3) is 5.46. The number of aryl methyl sites for hydroxylation is 1. The standard InChI is InChI=1S/C37H31ClN6O5S/c1-2-25-17-18-32-34(33(25)35-39-20-9-21-40-35)44(28-13-5-8-16-31(28)48-32)37(49-50(45)46,36-41-22-10-23-43(36)38)19-24-42-26-11-3-6-14-29(26)47-30-15-7-4-12-27(30)42/h3-18,20-22H,2,19,23-24H2,1H3,(H,45,46). The highest BCUT2D eigenvalue weighted by molar-refractivity contribution is 7.74. The van der Waals surface area contributed by atoms with Crippen molar-refractivity contribution in [1.29, 1.82) is 0 Å². The molecule has 0 bridgehead atoms. The number of rotatable bonds is 9. The van der Waals surface area contributed by atoms with Crippen molar-refractivity contribution >= 4 is 51.7 Å². The molecule has 252 valence electrons. The van der Waals surface area contributed by atoms with Gasteiger partial charge in [0.25, 0.3) is 0 Å². The smallest absolute Gasteiger partial charge is 0.304 e. The van der Waals surface area contributed by atoms with Gasteiger partial charge in [0, 0.05) is 43.3 Å². The van der Waals surface area contributed by atoms with E-state index in [1.165, 1.54) is 4.42 Å². The molecule has 2 unspecified atom stereocenters. The minimum absolute atomic E-state index is 0.0804. The SMILES string of the molecule is CCc1ccc2c(c1-c1ncccn1)N(C(CCN1c3ccccc3Oc3ccccc31)(OS(=O)O)C1=NC=CCN1Cl)c1ccccc1O2. The van der Waals surface area contributed by atoms with E-state index in [4.69, 9.17) is 30.4 Å². The van der Waals surface area contributed by atoms with Gasteiger partial charge in [-0.25, -0.2) is 19.1 Å². The van der Waals surface area contributed by atoms with E-state index in [9.17, 15) is 8.76 Å². The van der Waals surface area contributed by atoms with Crippen molar-refractivity contribution < 1.29 is 22.4 Å². The van der Waals surface area contributed by atoms with E-state index in [2.05, 4.69) is 14.9 Å². The molecular formula is C37H31ClN6O5S. The minimum Gasteiger partial charge on any atom is -0.453 e. The van der Waals surface area contributed by atoms with Crippen LogP contribution in [0.25, 0.3) is 11.4 Å². The number of para-hydroxylation sites is 6. The average Bonchev–Trinajstić information content (AvgIpc) is 3.15. The Bertz CT molecular complexity index is 2120. The predicted octanol–water partition coefficient (Wildman–Crippen LogP) is 8.52. The summed E-state index contributed by atoms with van der Waals surface area (Å²) in [7, 11) is 0. The zero-order valence-corrected chi connectivity index (χ0v) is 28.4. The summed E-state index contributed by atoms with van der Waals surface area (Å²) in [5.74, 6) is 3.02. The lowest BCUT2D eigenvalue weighted by Crippen LogP contribution is -2.61. The van der Waals surface area contributed by atoms with Gasteiger partial charge in [0.05, 0.1) is 34.9 Å². The number of aliphatic imine (C=N–C) groups is 1. The van der Waals surface area contributed by atoms with E-state index in [0.29, 0.717) is 52.2 Å². The Hall–Kier alpha value is -5.27. The molecule has 1 aromatic heterocycles. The van der Waals surface area contributed by atoms with E-state index in [1.54, 1.807) is 30.7 Å². The Morgan fingerprint density at radius 3 is 2.12 bits per heavy atom. The highest BCUT2D eigenvalue weighted by Crippen LogP contribution is 2.56. The molecule has 4 aromatic carbocycles. The first-order chi connectivity index (χ1) is 24.5. The number of anilines is 4. The molecule has 0 saturated carbocycles. The van der Waals surface area contributed by atoms with Crippen molar-refractivity contribution in [2.24, 2.45) is 4.99 Å². The number of nitrogens with zero attached hydrogens (tertiary/aromatic N) is 6. The van der Waals surface area contributed by atoms with Crippen LogP contribution in [-0.2, 0) is 22.0 Å². The number of benzene rings is 4. The summed E-state index contributed by atoms with van der Waals surface area (Å²) in [4.78, 5) is 18.1. The second-order valence-corrected chi connectivity index (χ2v) is 12.7. The number of aromatic nitrogens is 2. The lowest BCUT2D eigenvalue weighted by molar-refractivity contribution is 0.132. The molecule has 1 N–H and O–H groups in total. The highest BCUT2D eigenvalue weighted by Gasteiger charge is 2.53. The third-order valence-electron chi connectivity index (χ3n) is 8.87. The van der Waals surface area contributed by atoms with Gasteiger partial charge < -0.3 is 14.4 Å². The first-order valence-electron chi connectivity index (χ1n) is 16.1. The Morgan fingerprint density at radius 2 is 1.48 bits per heavy atom. The van der Waals surface area contributed by atoms with Crippen LogP contribution >= 0.6 is 11.8 Å². The van der Waals surface area contributed by atoms with Gasteiger partial charge in [0.2, 0.25) is 5.72 Å². The molecule has 2 atom stereocenters. The first kappa shape index (κ1) is 32.0. The van der Waals surface area contributed by atoms with Crippen molar-refractivity contribution in [3.8, 4) is 34.4 Å². The molecule has 0 amide bonds. The normalized spacial score (nSPS) is 16.1. The molecule has 50 heavy (non-hydrogen) atoms. The third-order valence-corrected chi connectivity index (χ3v) is 9.59. The molecule has 0 spiro atoms. The van der Waals surface area contributed by atoms with Crippen molar-refractivity contribution in [2.45, 2.75) is 25.5 Å². The summed E-state index contributed by atoms with van der Waals surface area (Å²) in [6.45, 7) is 2.60. The van der Waals surface area contributed by atoms with E-state index in [0.717, 1.165) is 16.9 Å². The summed E-state index contributed by atoms with van der Waals surface area (Å²) in [6.07, 6.45) is 7.51. The summed E-state index contributed by atoms with van der Waals surface area (Å²) in [5, 5.41) is 0. The molecule has 8 rings (SSSR count). The van der Waals surface area contributed by atoms with E-state index in [1.807, 2.05) is 96.8 Å². The molecule has 3 aliphatic rings. The first-order valence-corrected chi connectivity index (χ1v) is 17.5. The molecule has 13 heteroatoms. The Morgan fingerprint density at radius 1 is 0.860 bits per heavy atom. The van der Waals surface area contributed by atoms with Crippen molar-refractivity contribution in [2.75, 3.05) is 22.9 Å². The van der Waals surface area contributed by atoms with Gasteiger partial charge in [0.15, 0.2) is 34.7 Å². The van der Waals surface area contributed by atoms with Crippen LogP contribution in [0.4, 0.5) is 22.7 Å². The van der Waals surface area contributed by atoms with Gasteiger partial charge in [-0.05, 0) is 66.6 Å².